The zero-order chi connectivity index (χ0) is 19.9. The molecule has 0 unspecified atom stereocenters. The summed E-state index contributed by atoms with van der Waals surface area (Å²) in [6.45, 7) is 6.69. The van der Waals surface area contributed by atoms with Crippen molar-refractivity contribution in [3.05, 3.63) is 11.6 Å². The number of methoxy groups -OCH3 is 1. The molecule has 26 heavy (non-hydrogen) atoms. The Morgan fingerprint density at radius 1 is 1.42 bits per heavy atom. The average molecular weight is 423 g/mol. The maximum atomic E-state index is 12.7. The number of carbonyl (C=O) groups excluding carboxylic acids is 1. The highest BCUT2D eigenvalue weighted by atomic mass is 32.3. The third-order valence-corrected chi connectivity index (χ3v) is 9.89. The van der Waals surface area contributed by atoms with E-state index in [0.717, 1.165) is 0 Å². The van der Waals surface area contributed by atoms with Crippen molar-refractivity contribution in [2.45, 2.75) is 53.8 Å². The Hall–Kier alpha value is -1.46. The van der Waals surface area contributed by atoms with E-state index < -0.39 is 37.2 Å². The molecule has 1 aliphatic heterocycles. The summed E-state index contributed by atoms with van der Waals surface area (Å²) in [5, 5.41) is -0.746. The Morgan fingerprint density at radius 3 is 2.54 bits per heavy atom. The number of carbonyl (C=O) groups is 1. The summed E-state index contributed by atoms with van der Waals surface area (Å²) in [7, 11) is -6.42. The molecular formula is C15H22N2O6S3. The normalized spacial score (nSPS) is 21.6. The van der Waals surface area contributed by atoms with Crippen molar-refractivity contribution in [3.8, 4) is 0 Å². The number of sulfonamides is 1. The van der Waals surface area contributed by atoms with Gasteiger partial charge in [-0.05, 0) is 40.2 Å². The average Bonchev–Trinajstić information content (AvgIpc) is 2.99. The summed E-state index contributed by atoms with van der Waals surface area (Å²) in [6, 6.07) is 0.745. The van der Waals surface area contributed by atoms with Gasteiger partial charge in [0.2, 0.25) is 0 Å². The Balaban J connectivity index is 2.69. The van der Waals surface area contributed by atoms with Gasteiger partial charge in [-0.15, -0.1) is 11.3 Å². The summed E-state index contributed by atoms with van der Waals surface area (Å²) < 4.78 is 58.5. The van der Waals surface area contributed by atoms with Crippen LogP contribution < -0.4 is 0 Å². The van der Waals surface area contributed by atoms with Crippen LogP contribution in [-0.4, -0.2) is 52.4 Å². The van der Waals surface area contributed by atoms with Gasteiger partial charge in [-0.2, -0.15) is 12.8 Å². The fourth-order valence-corrected chi connectivity index (χ4v) is 7.89. The van der Waals surface area contributed by atoms with E-state index in [0.29, 0.717) is 29.2 Å². The molecule has 2 heterocycles. The quantitative estimate of drug-likeness (QED) is 0.690. The van der Waals surface area contributed by atoms with Crippen molar-refractivity contribution in [2.75, 3.05) is 13.7 Å². The second-order valence-corrected chi connectivity index (χ2v) is 11.6. The fraction of sp³-hybridized carbons (Fsp3) is 0.600. The minimum Gasteiger partial charge on any atom is -0.453 e. The van der Waals surface area contributed by atoms with Gasteiger partial charge in [-0.1, -0.05) is 0 Å². The number of sulfone groups is 1. The minimum atomic E-state index is -4.00. The van der Waals surface area contributed by atoms with Gasteiger partial charge in [0.15, 0.2) is 9.84 Å². The van der Waals surface area contributed by atoms with Gasteiger partial charge in [0.25, 0.3) is 10.0 Å². The van der Waals surface area contributed by atoms with Gasteiger partial charge < -0.3 is 9.64 Å². The lowest BCUT2D eigenvalue weighted by atomic mass is 10.0. The van der Waals surface area contributed by atoms with Crippen LogP contribution >= 0.6 is 11.3 Å². The first-order chi connectivity index (χ1) is 12.0. The van der Waals surface area contributed by atoms with Gasteiger partial charge in [-0.3, -0.25) is 0 Å². The number of amides is 1. The highest BCUT2D eigenvalue weighted by molar-refractivity contribution is 7.96. The van der Waals surface area contributed by atoms with Gasteiger partial charge in [0.05, 0.1) is 18.4 Å². The number of ether oxygens (including phenoxy) is 1. The number of nitrogens with zero attached hydrogens (tertiary/aromatic N) is 2. The molecule has 0 fully saturated rings. The Kier molecular flexibility index (Phi) is 5.83. The first-order valence-electron chi connectivity index (χ1n) is 7.96. The molecule has 1 amide bonds. The molecule has 2 rings (SSSR count). The van der Waals surface area contributed by atoms with Crippen molar-refractivity contribution in [3.63, 3.8) is 0 Å². The molecule has 2 atom stereocenters. The van der Waals surface area contributed by atoms with E-state index in [9.17, 15) is 21.6 Å². The molecule has 0 saturated heterocycles. The first kappa shape index (κ1) is 20.8. The Bertz CT molecular complexity index is 942. The zero-order valence-electron chi connectivity index (χ0n) is 15.2. The highest BCUT2D eigenvalue weighted by Gasteiger charge is 2.43. The predicted octanol–water partition coefficient (Wildman–Crippen LogP) is 2.61. The summed E-state index contributed by atoms with van der Waals surface area (Å²) >= 11 is 0.684. The van der Waals surface area contributed by atoms with Crippen LogP contribution in [0.15, 0.2) is 18.9 Å². The SMILES string of the molecule is CCN(C(=O)OC)[C@H]1C[C@H](C)S(=O)(=O)c2sc(S(=O)(=O)N=C(C)C)cc21. The van der Waals surface area contributed by atoms with Gasteiger partial charge in [0, 0.05) is 17.8 Å². The molecule has 8 nitrogen and oxygen atoms in total. The number of rotatable bonds is 4. The monoisotopic (exact) mass is 422 g/mol. The molecule has 0 aliphatic carbocycles. The smallest absolute Gasteiger partial charge is 0.409 e. The summed E-state index contributed by atoms with van der Waals surface area (Å²) in [6.07, 6.45) is -0.419. The van der Waals surface area contributed by atoms with Crippen molar-refractivity contribution >= 4 is 43.0 Å². The van der Waals surface area contributed by atoms with Crippen LogP contribution in [0, 0.1) is 0 Å². The Morgan fingerprint density at radius 2 is 2.04 bits per heavy atom. The molecule has 146 valence electrons. The van der Waals surface area contributed by atoms with E-state index in [1.54, 1.807) is 27.7 Å². The standard InChI is InChI=1S/C15H22N2O6S3/c1-6-17(15(18)23-5)12-7-10(4)25(19,20)14-11(12)8-13(24-14)26(21,22)16-9(2)3/h8,10,12H,6-7H2,1-5H3/t10-,12-/m0/s1. The lowest BCUT2D eigenvalue weighted by Crippen LogP contribution is -2.40. The molecule has 1 aromatic rings. The summed E-state index contributed by atoms with van der Waals surface area (Å²) in [5.41, 5.74) is 0.650. The molecule has 0 N–H and O–H groups in total. The van der Waals surface area contributed by atoms with Crippen LogP contribution in [0.25, 0.3) is 0 Å². The van der Waals surface area contributed by atoms with E-state index in [2.05, 4.69) is 4.40 Å². The van der Waals surface area contributed by atoms with Crippen LogP contribution in [0.3, 0.4) is 0 Å². The van der Waals surface area contributed by atoms with E-state index in [-0.39, 0.29) is 14.8 Å². The van der Waals surface area contributed by atoms with Gasteiger partial charge in [-0.25, -0.2) is 13.2 Å². The number of hydrogen-bond donors (Lipinski definition) is 0. The fourth-order valence-electron chi connectivity index (χ4n) is 2.87. The molecule has 0 bridgehead atoms. The molecule has 0 spiro atoms. The molecule has 1 aliphatic rings. The van der Waals surface area contributed by atoms with Crippen LogP contribution in [0.5, 0.6) is 0 Å². The molecule has 0 aromatic carbocycles. The maximum Gasteiger partial charge on any atom is 0.409 e. The van der Waals surface area contributed by atoms with E-state index in [1.165, 1.54) is 18.1 Å². The summed E-state index contributed by atoms with van der Waals surface area (Å²) in [4.78, 5) is 13.5. The topological polar surface area (TPSA) is 110 Å². The zero-order valence-corrected chi connectivity index (χ0v) is 17.7. The lowest BCUT2D eigenvalue weighted by molar-refractivity contribution is 0.104. The van der Waals surface area contributed by atoms with Gasteiger partial charge in [0.1, 0.15) is 8.42 Å². The third-order valence-electron chi connectivity index (χ3n) is 4.09. The van der Waals surface area contributed by atoms with E-state index in [4.69, 9.17) is 4.74 Å². The molecular weight excluding hydrogens is 400 g/mol. The molecule has 1 aromatic heterocycles. The van der Waals surface area contributed by atoms with Crippen LogP contribution in [0.1, 0.15) is 45.7 Å². The minimum absolute atomic E-state index is 0.0221. The largest absolute Gasteiger partial charge is 0.453 e. The number of hydrogen-bond acceptors (Lipinski definition) is 7. The lowest BCUT2D eigenvalue weighted by Gasteiger charge is -2.34. The third kappa shape index (κ3) is 3.65. The first-order valence-corrected chi connectivity index (χ1v) is 11.8. The summed E-state index contributed by atoms with van der Waals surface area (Å²) in [5.74, 6) is 0. The van der Waals surface area contributed by atoms with Crippen molar-refractivity contribution in [2.24, 2.45) is 4.40 Å². The number of fused-ring (bicyclic) bond motifs is 1. The van der Waals surface area contributed by atoms with Crippen LogP contribution in [0.2, 0.25) is 0 Å². The predicted molar refractivity (Wildman–Crippen MR) is 99.1 cm³/mol. The van der Waals surface area contributed by atoms with Gasteiger partial charge >= 0.3 is 6.09 Å². The molecule has 0 radical (unpaired) electrons. The van der Waals surface area contributed by atoms with E-state index >= 15 is 0 Å². The highest BCUT2D eigenvalue weighted by Crippen LogP contribution is 2.45. The van der Waals surface area contributed by atoms with Crippen LogP contribution in [0.4, 0.5) is 4.79 Å². The molecule has 0 saturated carbocycles. The van der Waals surface area contributed by atoms with E-state index in [1.807, 2.05) is 0 Å². The maximum absolute atomic E-state index is 12.7. The second-order valence-electron chi connectivity index (χ2n) is 6.18. The molecule has 11 heteroatoms. The Labute approximate surface area is 157 Å². The van der Waals surface area contributed by atoms with Crippen molar-refractivity contribution in [1.29, 1.82) is 0 Å². The second kappa shape index (κ2) is 7.28. The van der Waals surface area contributed by atoms with Crippen molar-refractivity contribution < 1.29 is 26.4 Å². The number of thiophene rings is 1. The van der Waals surface area contributed by atoms with Crippen LogP contribution in [-0.2, 0) is 24.6 Å². The van der Waals surface area contributed by atoms with Crippen molar-refractivity contribution in [1.82, 2.24) is 4.90 Å².